The highest BCUT2D eigenvalue weighted by molar-refractivity contribution is 6.04. The summed E-state index contributed by atoms with van der Waals surface area (Å²) in [5.41, 5.74) is 0.178. The average molecular weight is 319 g/mol. The van der Waals surface area contributed by atoms with E-state index in [0.29, 0.717) is 26.2 Å². The van der Waals surface area contributed by atoms with Crippen LogP contribution in [0.15, 0.2) is 24.3 Å². The van der Waals surface area contributed by atoms with Gasteiger partial charge in [-0.25, -0.2) is 9.59 Å². The molecule has 0 saturated carbocycles. The Kier molecular flexibility index (Phi) is 5.20. The summed E-state index contributed by atoms with van der Waals surface area (Å²) in [4.78, 5) is 38.9. The molecule has 1 saturated heterocycles. The Hall–Kier alpha value is -2.57. The molecule has 2 rings (SSSR count). The first-order chi connectivity index (χ1) is 10.9. The van der Waals surface area contributed by atoms with Crippen molar-refractivity contribution in [1.29, 1.82) is 0 Å². The van der Waals surface area contributed by atoms with Crippen LogP contribution in [0.3, 0.4) is 0 Å². The van der Waals surface area contributed by atoms with Crippen LogP contribution in [0, 0.1) is 0 Å². The van der Waals surface area contributed by atoms with E-state index in [1.807, 2.05) is 13.8 Å². The summed E-state index contributed by atoms with van der Waals surface area (Å²) in [5, 5.41) is 12.0. The van der Waals surface area contributed by atoms with Crippen molar-refractivity contribution in [2.75, 3.05) is 26.2 Å². The van der Waals surface area contributed by atoms with Crippen LogP contribution < -0.4 is 5.32 Å². The zero-order valence-electron chi connectivity index (χ0n) is 13.3. The van der Waals surface area contributed by atoms with E-state index >= 15 is 0 Å². The standard InChI is InChI=1S/C16H21N3O4/c1-11(2)17-16(23)19-9-7-18(8-10-19)14(20)12-5-3-4-6-13(12)15(21)22/h3-6,11H,7-10H2,1-2H3,(H,17,23)(H,21,22). The fraction of sp³-hybridized carbons (Fsp3) is 0.438. The number of carboxylic acid groups (broad SMARTS) is 1. The van der Waals surface area contributed by atoms with Crippen LogP contribution >= 0.6 is 0 Å². The molecule has 1 aromatic rings. The van der Waals surface area contributed by atoms with Crippen LogP contribution in [-0.2, 0) is 0 Å². The number of amides is 3. The number of aromatic carboxylic acids is 1. The van der Waals surface area contributed by atoms with Crippen LogP contribution in [0.5, 0.6) is 0 Å². The van der Waals surface area contributed by atoms with Gasteiger partial charge in [0.05, 0.1) is 11.1 Å². The molecule has 0 bridgehead atoms. The summed E-state index contributed by atoms with van der Waals surface area (Å²) in [5.74, 6) is -1.43. The number of carbonyl (C=O) groups is 3. The van der Waals surface area contributed by atoms with Gasteiger partial charge in [0.25, 0.3) is 5.91 Å². The zero-order chi connectivity index (χ0) is 17.0. The molecule has 7 heteroatoms. The molecule has 124 valence electrons. The Labute approximate surface area is 134 Å². The molecular weight excluding hydrogens is 298 g/mol. The van der Waals surface area contributed by atoms with Gasteiger partial charge in [0.2, 0.25) is 0 Å². The Morgan fingerprint density at radius 1 is 1.00 bits per heavy atom. The molecule has 0 atom stereocenters. The lowest BCUT2D eigenvalue weighted by Gasteiger charge is -2.35. The lowest BCUT2D eigenvalue weighted by atomic mass is 10.1. The van der Waals surface area contributed by atoms with E-state index in [0.717, 1.165) is 0 Å². The third kappa shape index (κ3) is 4.00. The van der Waals surface area contributed by atoms with Crippen molar-refractivity contribution in [2.24, 2.45) is 0 Å². The van der Waals surface area contributed by atoms with Gasteiger partial charge in [-0.1, -0.05) is 12.1 Å². The van der Waals surface area contributed by atoms with Gasteiger partial charge in [0, 0.05) is 32.2 Å². The second-order valence-corrected chi connectivity index (χ2v) is 5.73. The van der Waals surface area contributed by atoms with Gasteiger partial charge in [0.1, 0.15) is 0 Å². The van der Waals surface area contributed by atoms with Crippen LogP contribution in [0.1, 0.15) is 34.6 Å². The molecule has 23 heavy (non-hydrogen) atoms. The van der Waals surface area contributed by atoms with Crippen molar-refractivity contribution in [1.82, 2.24) is 15.1 Å². The summed E-state index contributed by atoms with van der Waals surface area (Å²) in [6, 6.07) is 6.09. The Morgan fingerprint density at radius 3 is 2.04 bits per heavy atom. The number of nitrogens with zero attached hydrogens (tertiary/aromatic N) is 2. The van der Waals surface area contributed by atoms with Gasteiger partial charge in [-0.3, -0.25) is 4.79 Å². The van der Waals surface area contributed by atoms with Gasteiger partial charge in [0.15, 0.2) is 0 Å². The van der Waals surface area contributed by atoms with Gasteiger partial charge in [-0.05, 0) is 26.0 Å². The maximum atomic E-state index is 12.5. The highest BCUT2D eigenvalue weighted by atomic mass is 16.4. The summed E-state index contributed by atoms with van der Waals surface area (Å²) < 4.78 is 0. The maximum absolute atomic E-state index is 12.5. The predicted octanol–water partition coefficient (Wildman–Crippen LogP) is 1.26. The molecule has 0 spiro atoms. The van der Waals surface area contributed by atoms with E-state index in [4.69, 9.17) is 0 Å². The SMILES string of the molecule is CC(C)NC(=O)N1CCN(C(=O)c2ccccc2C(=O)O)CC1. The molecule has 2 N–H and O–H groups in total. The minimum atomic E-state index is -1.12. The van der Waals surface area contributed by atoms with Gasteiger partial charge >= 0.3 is 12.0 Å². The summed E-state index contributed by atoms with van der Waals surface area (Å²) >= 11 is 0. The second-order valence-electron chi connectivity index (χ2n) is 5.73. The Morgan fingerprint density at radius 2 is 1.52 bits per heavy atom. The number of urea groups is 1. The monoisotopic (exact) mass is 319 g/mol. The molecule has 1 aromatic carbocycles. The topological polar surface area (TPSA) is 90.0 Å². The van der Waals surface area contributed by atoms with E-state index in [9.17, 15) is 19.5 Å². The summed E-state index contributed by atoms with van der Waals surface area (Å²) in [6.07, 6.45) is 0. The fourth-order valence-electron chi connectivity index (χ4n) is 2.48. The minimum Gasteiger partial charge on any atom is -0.478 e. The zero-order valence-corrected chi connectivity index (χ0v) is 13.3. The quantitative estimate of drug-likeness (QED) is 0.877. The molecule has 1 fully saturated rings. The van der Waals surface area contributed by atoms with Crippen molar-refractivity contribution < 1.29 is 19.5 Å². The highest BCUT2D eigenvalue weighted by Crippen LogP contribution is 2.14. The summed E-state index contributed by atoms with van der Waals surface area (Å²) in [6.45, 7) is 5.41. The molecule has 0 unspecified atom stereocenters. The number of hydrogen-bond acceptors (Lipinski definition) is 3. The normalized spacial score (nSPS) is 14.7. The third-order valence-electron chi connectivity index (χ3n) is 3.65. The molecule has 0 radical (unpaired) electrons. The largest absolute Gasteiger partial charge is 0.478 e. The van der Waals surface area contributed by atoms with E-state index in [-0.39, 0.29) is 29.1 Å². The van der Waals surface area contributed by atoms with Gasteiger partial charge in [-0.2, -0.15) is 0 Å². The van der Waals surface area contributed by atoms with Crippen molar-refractivity contribution in [2.45, 2.75) is 19.9 Å². The van der Waals surface area contributed by atoms with Crippen LogP contribution in [0.4, 0.5) is 4.79 Å². The average Bonchev–Trinajstić information content (AvgIpc) is 2.53. The van der Waals surface area contributed by atoms with Crippen molar-refractivity contribution >= 4 is 17.9 Å². The molecule has 1 aliphatic heterocycles. The molecule has 7 nitrogen and oxygen atoms in total. The highest BCUT2D eigenvalue weighted by Gasteiger charge is 2.27. The molecule has 0 aromatic heterocycles. The van der Waals surface area contributed by atoms with Gasteiger partial charge in [-0.15, -0.1) is 0 Å². The molecular formula is C16H21N3O4. The first kappa shape index (κ1) is 16.8. The molecule has 3 amide bonds. The predicted molar refractivity (Wildman–Crippen MR) is 84.5 cm³/mol. The first-order valence-electron chi connectivity index (χ1n) is 7.57. The fourth-order valence-corrected chi connectivity index (χ4v) is 2.48. The van der Waals surface area contributed by atoms with Crippen molar-refractivity contribution in [3.05, 3.63) is 35.4 Å². The summed E-state index contributed by atoms with van der Waals surface area (Å²) in [7, 11) is 0. The number of hydrogen-bond donors (Lipinski definition) is 2. The Bertz CT molecular complexity index is 607. The minimum absolute atomic E-state index is 0.00233. The van der Waals surface area contributed by atoms with E-state index in [2.05, 4.69) is 5.32 Å². The first-order valence-corrected chi connectivity index (χ1v) is 7.57. The van der Waals surface area contributed by atoms with Crippen molar-refractivity contribution in [3.63, 3.8) is 0 Å². The van der Waals surface area contributed by atoms with E-state index in [1.54, 1.807) is 21.9 Å². The van der Waals surface area contributed by atoms with Crippen LogP contribution in [0.25, 0.3) is 0 Å². The number of piperazine rings is 1. The van der Waals surface area contributed by atoms with Crippen molar-refractivity contribution in [3.8, 4) is 0 Å². The molecule has 1 aliphatic rings. The number of nitrogens with one attached hydrogen (secondary N) is 1. The number of benzene rings is 1. The lowest BCUT2D eigenvalue weighted by molar-refractivity contribution is 0.0637. The molecule has 1 heterocycles. The number of carboxylic acids is 1. The lowest BCUT2D eigenvalue weighted by Crippen LogP contribution is -2.54. The maximum Gasteiger partial charge on any atom is 0.336 e. The Balaban J connectivity index is 2.02. The number of rotatable bonds is 3. The third-order valence-corrected chi connectivity index (χ3v) is 3.65. The molecule has 0 aliphatic carbocycles. The van der Waals surface area contributed by atoms with Gasteiger partial charge < -0.3 is 20.2 Å². The van der Waals surface area contributed by atoms with E-state index < -0.39 is 5.97 Å². The second kappa shape index (κ2) is 7.13. The van der Waals surface area contributed by atoms with E-state index in [1.165, 1.54) is 12.1 Å². The smallest absolute Gasteiger partial charge is 0.336 e. The van der Waals surface area contributed by atoms with Crippen LogP contribution in [0.2, 0.25) is 0 Å². The number of carbonyl (C=O) groups excluding carboxylic acids is 2. The van der Waals surface area contributed by atoms with Crippen LogP contribution in [-0.4, -0.2) is 65.0 Å².